The Labute approximate surface area is 239 Å². The Morgan fingerprint density at radius 2 is 1.85 bits per heavy atom. The number of hydrogen-bond donors (Lipinski definition) is 2. The van der Waals surface area contributed by atoms with Crippen molar-refractivity contribution < 1.29 is 33.7 Å². The molecule has 0 aliphatic heterocycles. The summed E-state index contributed by atoms with van der Waals surface area (Å²) in [5.74, 6) is -0.613. The lowest BCUT2D eigenvalue weighted by molar-refractivity contribution is -0.142. The molecule has 12 heteroatoms. The molecule has 2 N–H and O–H groups in total. The Hall–Kier alpha value is -4.28. The van der Waals surface area contributed by atoms with Gasteiger partial charge < -0.3 is 24.6 Å². The van der Waals surface area contributed by atoms with Crippen molar-refractivity contribution in [2.45, 2.75) is 18.9 Å². The van der Waals surface area contributed by atoms with Crippen molar-refractivity contribution in [2.24, 2.45) is 0 Å². The summed E-state index contributed by atoms with van der Waals surface area (Å²) in [5, 5.41) is 14.0. The van der Waals surface area contributed by atoms with Crippen LogP contribution in [0.15, 0.2) is 60.9 Å². The summed E-state index contributed by atoms with van der Waals surface area (Å²) in [4.78, 5) is 41.8. The van der Waals surface area contributed by atoms with Crippen molar-refractivity contribution in [3.8, 4) is 11.5 Å². The fourth-order valence-corrected chi connectivity index (χ4v) is 4.70. The minimum atomic E-state index is -1.23. The number of nitrogens with zero attached hydrogens (tertiary/aromatic N) is 2. The van der Waals surface area contributed by atoms with Crippen LogP contribution in [0.25, 0.3) is 10.9 Å². The molecule has 2 aromatic heterocycles. The number of carbonyl (C=O) groups is 3. The Bertz CT molecular complexity index is 1570. The number of esters is 1. The van der Waals surface area contributed by atoms with Crippen LogP contribution in [0.5, 0.6) is 11.5 Å². The van der Waals surface area contributed by atoms with Gasteiger partial charge in [0.25, 0.3) is 5.91 Å². The van der Waals surface area contributed by atoms with E-state index in [0.717, 1.165) is 10.1 Å². The summed E-state index contributed by atoms with van der Waals surface area (Å²) in [6, 6.07) is 11.8. The number of hydrogen-bond acceptors (Lipinski definition) is 7. The molecule has 0 aliphatic rings. The van der Waals surface area contributed by atoms with Gasteiger partial charge in [0.15, 0.2) is 11.5 Å². The van der Waals surface area contributed by atoms with E-state index in [1.807, 2.05) is 6.07 Å². The number of rotatable bonds is 10. The summed E-state index contributed by atoms with van der Waals surface area (Å²) in [6.45, 7) is 0.238. The quantitative estimate of drug-likeness (QED) is 0.248. The van der Waals surface area contributed by atoms with Crippen molar-refractivity contribution in [3.05, 3.63) is 87.8 Å². The fraction of sp³-hybridized carbons (Fsp3) is 0.214. The third-order valence-corrected chi connectivity index (χ3v) is 6.73. The number of ether oxygens (including phenoxy) is 3. The van der Waals surface area contributed by atoms with Crippen molar-refractivity contribution in [2.75, 3.05) is 20.8 Å². The number of nitrogens with one attached hydrogen (secondary N) is 1. The monoisotopic (exact) mass is 585 g/mol. The second-order valence-electron chi connectivity index (χ2n) is 8.64. The van der Waals surface area contributed by atoms with Gasteiger partial charge >= 0.3 is 12.1 Å². The highest BCUT2D eigenvalue weighted by Crippen LogP contribution is 2.29. The molecule has 1 unspecified atom stereocenters. The summed E-state index contributed by atoms with van der Waals surface area (Å²) >= 11 is 12.2. The molecule has 10 nitrogen and oxygen atoms in total. The van der Waals surface area contributed by atoms with Crippen LogP contribution < -0.4 is 14.8 Å². The third kappa shape index (κ3) is 6.47. The van der Waals surface area contributed by atoms with E-state index in [1.54, 1.807) is 30.3 Å². The van der Waals surface area contributed by atoms with Gasteiger partial charge in [0.2, 0.25) is 0 Å². The molecule has 0 aliphatic carbocycles. The molecular weight excluding hydrogens is 561 g/mol. The summed E-state index contributed by atoms with van der Waals surface area (Å²) in [6.07, 6.45) is 2.10. The van der Waals surface area contributed by atoms with Gasteiger partial charge in [-0.05, 0) is 48.0 Å². The molecule has 208 valence electrons. The van der Waals surface area contributed by atoms with Crippen LogP contribution in [0.1, 0.15) is 21.6 Å². The largest absolute Gasteiger partial charge is 0.493 e. The standard InChI is InChI=1S/C28H25Cl2N3O7/c1-38-24-6-4-17(12-25(24)40-10-8-16-3-5-19(29)13-21(16)30)26(34)32-22(27(35)39-2)14-20-11-18-15-31-9-7-23(18)33(20)28(36)37/h3-7,9,11-13,15,22H,8,10,14H2,1-2H3,(H,32,34)(H,36,37). The maximum Gasteiger partial charge on any atom is 0.416 e. The summed E-state index contributed by atoms with van der Waals surface area (Å²) in [7, 11) is 2.66. The van der Waals surface area contributed by atoms with E-state index < -0.39 is 24.0 Å². The van der Waals surface area contributed by atoms with E-state index in [2.05, 4.69) is 10.3 Å². The Kier molecular flexibility index (Phi) is 9.13. The number of pyridine rings is 1. The SMILES string of the molecule is COC(=O)C(Cc1cc2cnccc2n1C(=O)O)NC(=O)c1ccc(OC)c(OCCc2ccc(Cl)cc2Cl)c1. The van der Waals surface area contributed by atoms with Crippen LogP contribution >= 0.6 is 23.2 Å². The summed E-state index contributed by atoms with van der Waals surface area (Å²) in [5.41, 5.74) is 1.72. The maximum atomic E-state index is 13.2. The second-order valence-corrected chi connectivity index (χ2v) is 9.48. The minimum absolute atomic E-state index is 0.138. The third-order valence-electron chi connectivity index (χ3n) is 6.14. The average molecular weight is 586 g/mol. The van der Waals surface area contributed by atoms with Gasteiger partial charge in [-0.2, -0.15) is 0 Å². The van der Waals surface area contributed by atoms with E-state index >= 15 is 0 Å². The number of aromatic nitrogens is 2. The maximum absolute atomic E-state index is 13.2. The smallest absolute Gasteiger partial charge is 0.416 e. The average Bonchev–Trinajstić information content (AvgIpc) is 3.31. The lowest BCUT2D eigenvalue weighted by Crippen LogP contribution is -2.43. The number of benzene rings is 2. The predicted octanol–water partition coefficient (Wildman–Crippen LogP) is 5.01. The van der Waals surface area contributed by atoms with Gasteiger partial charge in [0.05, 0.1) is 26.3 Å². The highest BCUT2D eigenvalue weighted by atomic mass is 35.5. The van der Waals surface area contributed by atoms with Crippen LogP contribution in [0.2, 0.25) is 10.0 Å². The minimum Gasteiger partial charge on any atom is -0.493 e. The van der Waals surface area contributed by atoms with Gasteiger partial charge in [-0.25, -0.2) is 14.2 Å². The Morgan fingerprint density at radius 1 is 1.05 bits per heavy atom. The first-order chi connectivity index (χ1) is 19.2. The van der Waals surface area contributed by atoms with E-state index in [4.69, 9.17) is 37.4 Å². The Morgan fingerprint density at radius 3 is 2.55 bits per heavy atom. The molecule has 40 heavy (non-hydrogen) atoms. The molecule has 4 rings (SSSR count). The Balaban J connectivity index is 1.52. The topological polar surface area (TPSA) is 129 Å². The number of fused-ring (bicyclic) bond motifs is 1. The van der Waals surface area contributed by atoms with Crippen LogP contribution in [-0.2, 0) is 22.4 Å². The fourth-order valence-electron chi connectivity index (χ4n) is 4.20. The van der Waals surface area contributed by atoms with Crippen LogP contribution in [0, 0.1) is 0 Å². The molecular formula is C28H25Cl2N3O7. The summed E-state index contributed by atoms with van der Waals surface area (Å²) < 4.78 is 17.2. The number of methoxy groups -OCH3 is 2. The van der Waals surface area contributed by atoms with Crippen LogP contribution in [0.3, 0.4) is 0 Å². The zero-order valence-electron chi connectivity index (χ0n) is 21.5. The van der Waals surface area contributed by atoms with E-state index in [-0.39, 0.29) is 24.3 Å². The molecule has 0 fully saturated rings. The number of halogens is 2. The van der Waals surface area contributed by atoms with Crippen LogP contribution in [-0.4, -0.2) is 59.5 Å². The zero-order chi connectivity index (χ0) is 28.8. The van der Waals surface area contributed by atoms with Crippen molar-refractivity contribution >= 4 is 52.1 Å². The molecule has 1 atom stereocenters. The van der Waals surface area contributed by atoms with Gasteiger partial charge in [-0.1, -0.05) is 29.3 Å². The molecule has 0 bridgehead atoms. The number of carbonyl (C=O) groups excluding carboxylic acids is 2. The molecule has 1 amide bonds. The van der Waals surface area contributed by atoms with Gasteiger partial charge in [0.1, 0.15) is 6.04 Å². The second kappa shape index (κ2) is 12.7. The van der Waals surface area contributed by atoms with E-state index in [9.17, 15) is 19.5 Å². The van der Waals surface area contributed by atoms with Crippen LogP contribution in [0.4, 0.5) is 4.79 Å². The first kappa shape index (κ1) is 28.7. The number of carboxylic acid groups (broad SMARTS) is 1. The van der Waals surface area contributed by atoms with Crippen molar-refractivity contribution in [1.82, 2.24) is 14.9 Å². The molecule has 0 radical (unpaired) electrons. The predicted molar refractivity (Wildman–Crippen MR) is 149 cm³/mol. The highest BCUT2D eigenvalue weighted by Gasteiger charge is 2.26. The first-order valence-electron chi connectivity index (χ1n) is 12.0. The van der Waals surface area contributed by atoms with Crippen molar-refractivity contribution in [3.63, 3.8) is 0 Å². The van der Waals surface area contributed by atoms with Gasteiger partial charge in [-0.15, -0.1) is 0 Å². The molecule has 0 saturated carbocycles. The number of amides is 1. The lowest BCUT2D eigenvalue weighted by atomic mass is 10.1. The molecule has 0 saturated heterocycles. The van der Waals surface area contributed by atoms with Gasteiger partial charge in [0, 0.05) is 51.9 Å². The highest BCUT2D eigenvalue weighted by molar-refractivity contribution is 6.35. The molecule has 0 spiro atoms. The van der Waals surface area contributed by atoms with Crippen molar-refractivity contribution in [1.29, 1.82) is 0 Å². The van der Waals surface area contributed by atoms with E-state index in [0.29, 0.717) is 38.9 Å². The van der Waals surface area contributed by atoms with Gasteiger partial charge in [-0.3, -0.25) is 9.78 Å². The first-order valence-corrected chi connectivity index (χ1v) is 12.8. The molecule has 4 aromatic rings. The normalized spacial score (nSPS) is 11.6. The van der Waals surface area contributed by atoms with E-state index in [1.165, 1.54) is 38.7 Å². The lowest BCUT2D eigenvalue weighted by Gasteiger charge is -2.18. The zero-order valence-corrected chi connectivity index (χ0v) is 23.0. The molecule has 2 aromatic carbocycles. The molecule has 2 heterocycles.